The molecule has 0 atom stereocenters. The molecule has 0 aliphatic carbocycles. The highest BCUT2D eigenvalue weighted by molar-refractivity contribution is 7.15. The van der Waals surface area contributed by atoms with Crippen LogP contribution in [-0.2, 0) is 5.41 Å². The number of urea groups is 1. The van der Waals surface area contributed by atoms with E-state index in [1.54, 1.807) is 48.5 Å². The molecule has 0 radical (unpaired) electrons. The molecule has 0 saturated carbocycles. The van der Waals surface area contributed by atoms with Crippen LogP contribution >= 0.6 is 11.3 Å². The van der Waals surface area contributed by atoms with Gasteiger partial charge in [-0.15, -0.1) is 10.2 Å². The fourth-order valence-electron chi connectivity index (χ4n) is 2.11. The van der Waals surface area contributed by atoms with Gasteiger partial charge in [-0.1, -0.05) is 44.2 Å². The lowest BCUT2D eigenvalue weighted by Crippen LogP contribution is -2.19. The number of amides is 2. The Hall–Kier alpha value is -3.13. The normalized spacial score (nSPS) is 11.1. The van der Waals surface area contributed by atoms with Crippen LogP contribution in [0.3, 0.4) is 0 Å². The van der Waals surface area contributed by atoms with E-state index in [9.17, 15) is 9.90 Å². The van der Waals surface area contributed by atoms with Gasteiger partial charge in [0, 0.05) is 11.1 Å². The van der Waals surface area contributed by atoms with Crippen molar-refractivity contribution < 1.29 is 14.6 Å². The second kappa shape index (κ2) is 7.63. The van der Waals surface area contributed by atoms with Gasteiger partial charge in [-0.3, -0.25) is 5.32 Å². The van der Waals surface area contributed by atoms with E-state index in [-0.39, 0.29) is 11.2 Å². The molecule has 0 aliphatic rings. The second-order valence-corrected chi connectivity index (χ2v) is 7.81. The SMILES string of the molecule is CC(C)(C)c1nnc(NC(=O)Nc2ccc(Oc3ccccc3O)cc2)s1. The van der Waals surface area contributed by atoms with Crippen LogP contribution in [0.25, 0.3) is 0 Å². The van der Waals surface area contributed by atoms with Crippen LogP contribution in [0.2, 0.25) is 0 Å². The number of carbonyl (C=O) groups is 1. The molecule has 3 N–H and O–H groups in total. The summed E-state index contributed by atoms with van der Waals surface area (Å²) in [5.74, 6) is 0.967. The van der Waals surface area contributed by atoms with Gasteiger partial charge >= 0.3 is 6.03 Å². The number of hydrogen-bond acceptors (Lipinski definition) is 6. The van der Waals surface area contributed by atoms with Crippen LogP contribution in [-0.4, -0.2) is 21.3 Å². The minimum Gasteiger partial charge on any atom is -0.504 e. The summed E-state index contributed by atoms with van der Waals surface area (Å²) in [6.45, 7) is 6.11. The zero-order valence-electron chi connectivity index (χ0n) is 15.2. The lowest BCUT2D eigenvalue weighted by molar-refractivity contribution is 0.262. The van der Waals surface area contributed by atoms with Gasteiger partial charge in [-0.05, 0) is 36.4 Å². The molecule has 3 rings (SSSR count). The summed E-state index contributed by atoms with van der Waals surface area (Å²) in [7, 11) is 0. The molecule has 3 aromatic rings. The van der Waals surface area contributed by atoms with Gasteiger partial charge in [0.2, 0.25) is 5.13 Å². The van der Waals surface area contributed by atoms with Crippen molar-refractivity contribution in [2.45, 2.75) is 26.2 Å². The molecule has 0 bridgehead atoms. The van der Waals surface area contributed by atoms with Gasteiger partial charge < -0.3 is 15.2 Å². The number of rotatable bonds is 4. The molecule has 0 saturated heterocycles. The third kappa shape index (κ3) is 4.95. The summed E-state index contributed by atoms with van der Waals surface area (Å²) >= 11 is 1.35. The predicted octanol–water partition coefficient (Wildman–Crippen LogP) is 4.98. The maximum absolute atomic E-state index is 12.1. The minimum atomic E-state index is -0.402. The summed E-state index contributed by atoms with van der Waals surface area (Å²) in [5, 5.41) is 24.5. The number of nitrogens with zero attached hydrogens (tertiary/aromatic N) is 2. The van der Waals surface area contributed by atoms with Gasteiger partial charge in [0.05, 0.1) is 0 Å². The van der Waals surface area contributed by atoms with E-state index in [4.69, 9.17) is 4.74 Å². The molecule has 2 aromatic carbocycles. The largest absolute Gasteiger partial charge is 0.504 e. The summed E-state index contributed by atoms with van der Waals surface area (Å²) in [4.78, 5) is 12.1. The number of hydrogen-bond donors (Lipinski definition) is 3. The van der Waals surface area contributed by atoms with Crippen molar-refractivity contribution in [2.75, 3.05) is 10.6 Å². The van der Waals surface area contributed by atoms with Crippen molar-refractivity contribution in [2.24, 2.45) is 0 Å². The molecule has 0 spiro atoms. The van der Waals surface area contributed by atoms with Crippen molar-refractivity contribution in [3.05, 3.63) is 53.5 Å². The number of benzene rings is 2. The number of carbonyl (C=O) groups excluding carboxylic acids is 1. The van der Waals surface area contributed by atoms with Gasteiger partial charge in [0.15, 0.2) is 11.5 Å². The van der Waals surface area contributed by atoms with Gasteiger partial charge in [-0.25, -0.2) is 4.79 Å². The number of phenols is 1. The monoisotopic (exact) mass is 384 g/mol. The number of anilines is 2. The van der Waals surface area contributed by atoms with Crippen molar-refractivity contribution >= 4 is 28.2 Å². The van der Waals surface area contributed by atoms with Crippen molar-refractivity contribution in [3.63, 3.8) is 0 Å². The van der Waals surface area contributed by atoms with Gasteiger partial charge in [0.25, 0.3) is 0 Å². The van der Waals surface area contributed by atoms with Crippen molar-refractivity contribution in [1.29, 1.82) is 0 Å². The molecular weight excluding hydrogens is 364 g/mol. The Morgan fingerprint density at radius 2 is 1.74 bits per heavy atom. The Morgan fingerprint density at radius 3 is 2.37 bits per heavy atom. The summed E-state index contributed by atoms with van der Waals surface area (Å²) < 4.78 is 5.60. The fourth-order valence-corrected chi connectivity index (χ4v) is 2.91. The molecule has 0 aliphatic heterocycles. The predicted molar refractivity (Wildman–Crippen MR) is 106 cm³/mol. The molecule has 1 heterocycles. The van der Waals surface area contributed by atoms with Crippen molar-refractivity contribution in [1.82, 2.24) is 10.2 Å². The van der Waals surface area contributed by atoms with E-state index in [1.807, 2.05) is 20.8 Å². The van der Waals surface area contributed by atoms with Crippen LogP contribution in [0.15, 0.2) is 48.5 Å². The first kappa shape index (κ1) is 18.7. The van der Waals surface area contributed by atoms with Crippen molar-refractivity contribution in [3.8, 4) is 17.2 Å². The Labute approximate surface area is 161 Å². The Kier molecular flexibility index (Phi) is 5.27. The van der Waals surface area contributed by atoms with Crippen LogP contribution in [0.1, 0.15) is 25.8 Å². The average molecular weight is 384 g/mol. The first-order valence-electron chi connectivity index (χ1n) is 8.29. The highest BCUT2D eigenvalue weighted by Gasteiger charge is 2.20. The Morgan fingerprint density at radius 1 is 1.04 bits per heavy atom. The minimum absolute atomic E-state index is 0.0609. The third-order valence-electron chi connectivity index (χ3n) is 3.49. The zero-order chi connectivity index (χ0) is 19.4. The number of phenolic OH excluding ortho intramolecular Hbond substituents is 1. The summed E-state index contributed by atoms with van der Waals surface area (Å²) in [5.41, 5.74) is 0.481. The van der Waals surface area contributed by atoms with Crippen LogP contribution in [0.4, 0.5) is 15.6 Å². The van der Waals surface area contributed by atoms with E-state index in [0.29, 0.717) is 22.3 Å². The standard InChI is InChI=1S/C19H20N4O3S/c1-19(2,3)16-22-23-18(27-16)21-17(25)20-12-8-10-13(11-9-12)26-15-7-5-4-6-14(15)24/h4-11,24H,1-3H3,(H2,20,21,23,25). The van der Waals surface area contributed by atoms with Crippen LogP contribution in [0, 0.1) is 0 Å². The van der Waals surface area contributed by atoms with E-state index >= 15 is 0 Å². The molecule has 1 aromatic heterocycles. The Bertz CT molecular complexity index is 933. The van der Waals surface area contributed by atoms with E-state index < -0.39 is 6.03 Å². The number of ether oxygens (including phenoxy) is 1. The number of para-hydroxylation sites is 2. The lowest BCUT2D eigenvalue weighted by atomic mass is 9.98. The maximum atomic E-state index is 12.1. The smallest absolute Gasteiger partial charge is 0.325 e. The topological polar surface area (TPSA) is 96.4 Å². The van der Waals surface area contributed by atoms with E-state index in [0.717, 1.165) is 5.01 Å². The Balaban J connectivity index is 1.58. The number of nitrogens with one attached hydrogen (secondary N) is 2. The number of aromatic nitrogens is 2. The lowest BCUT2D eigenvalue weighted by Gasteiger charge is -2.12. The van der Waals surface area contributed by atoms with E-state index in [1.165, 1.54) is 11.3 Å². The van der Waals surface area contributed by atoms with Crippen LogP contribution in [0.5, 0.6) is 17.2 Å². The van der Waals surface area contributed by atoms with Crippen LogP contribution < -0.4 is 15.4 Å². The van der Waals surface area contributed by atoms with Gasteiger partial charge in [0.1, 0.15) is 10.8 Å². The molecule has 8 heteroatoms. The molecule has 27 heavy (non-hydrogen) atoms. The molecular formula is C19H20N4O3S. The second-order valence-electron chi connectivity index (χ2n) is 6.84. The first-order chi connectivity index (χ1) is 12.8. The number of aromatic hydroxyl groups is 1. The highest BCUT2D eigenvalue weighted by Crippen LogP contribution is 2.30. The summed E-state index contributed by atoms with van der Waals surface area (Å²) in [6.07, 6.45) is 0. The maximum Gasteiger partial charge on any atom is 0.325 e. The molecule has 140 valence electrons. The zero-order valence-corrected chi connectivity index (χ0v) is 16.0. The van der Waals surface area contributed by atoms with E-state index in [2.05, 4.69) is 20.8 Å². The summed E-state index contributed by atoms with van der Waals surface area (Å²) in [6, 6.07) is 13.1. The quantitative estimate of drug-likeness (QED) is 0.590. The highest BCUT2D eigenvalue weighted by atomic mass is 32.1. The first-order valence-corrected chi connectivity index (χ1v) is 9.11. The molecule has 0 unspecified atom stereocenters. The molecule has 2 amide bonds. The third-order valence-corrected chi connectivity index (χ3v) is 4.76. The fraction of sp³-hybridized carbons (Fsp3) is 0.211. The molecule has 0 fully saturated rings. The van der Waals surface area contributed by atoms with Gasteiger partial charge in [-0.2, -0.15) is 0 Å². The average Bonchev–Trinajstić information content (AvgIpc) is 3.07. The molecule has 7 nitrogen and oxygen atoms in total.